The van der Waals surface area contributed by atoms with Gasteiger partial charge < -0.3 is 9.51 Å². The van der Waals surface area contributed by atoms with Crippen LogP contribution in [-0.2, 0) is 12.2 Å². The fraction of sp³-hybridized carbons (Fsp3) is 0.400. The van der Waals surface area contributed by atoms with Crippen LogP contribution in [0, 0.1) is 6.92 Å². The number of fused-ring (bicyclic) bond motifs is 1. The van der Waals surface area contributed by atoms with Gasteiger partial charge in [0, 0.05) is 6.42 Å². The Balaban J connectivity index is 1.64. The molecule has 0 fully saturated rings. The maximum absolute atomic E-state index is 5.25. The van der Waals surface area contributed by atoms with Crippen LogP contribution in [0.4, 0.5) is 0 Å². The molecule has 0 unspecified atom stereocenters. The van der Waals surface area contributed by atoms with E-state index in [1.165, 1.54) is 5.56 Å². The van der Waals surface area contributed by atoms with E-state index in [0.29, 0.717) is 11.6 Å². The van der Waals surface area contributed by atoms with Crippen molar-refractivity contribution in [3.63, 3.8) is 0 Å². The summed E-state index contributed by atoms with van der Waals surface area (Å²) in [6.45, 7) is 4.23. The van der Waals surface area contributed by atoms with Gasteiger partial charge in [0.05, 0.1) is 16.8 Å². The Morgan fingerprint density at radius 2 is 2.19 bits per heavy atom. The van der Waals surface area contributed by atoms with Gasteiger partial charge in [-0.05, 0) is 31.0 Å². The van der Waals surface area contributed by atoms with Gasteiger partial charge in [-0.1, -0.05) is 36.3 Å². The molecule has 0 amide bonds. The highest BCUT2D eigenvalue weighted by atomic mass is 32.2. The molecule has 0 saturated heterocycles. The summed E-state index contributed by atoms with van der Waals surface area (Å²) >= 11 is 1.58. The van der Waals surface area contributed by atoms with E-state index >= 15 is 0 Å². The first-order valence-corrected chi connectivity index (χ1v) is 8.14. The van der Waals surface area contributed by atoms with E-state index in [0.717, 1.165) is 41.3 Å². The molecule has 0 saturated carbocycles. The van der Waals surface area contributed by atoms with Crippen LogP contribution in [0.2, 0.25) is 0 Å². The number of aromatic nitrogens is 4. The molecule has 0 aliphatic carbocycles. The molecule has 3 aromatic rings. The summed E-state index contributed by atoms with van der Waals surface area (Å²) in [7, 11) is 0. The fourth-order valence-electron chi connectivity index (χ4n) is 2.08. The third-order valence-electron chi connectivity index (χ3n) is 3.21. The number of rotatable bonds is 6. The number of thioether (sulfide) groups is 1. The third kappa shape index (κ3) is 3.44. The summed E-state index contributed by atoms with van der Waals surface area (Å²) < 4.78 is 5.25. The van der Waals surface area contributed by atoms with Crippen molar-refractivity contribution in [3.05, 3.63) is 35.5 Å². The first-order chi connectivity index (χ1) is 10.2. The van der Waals surface area contributed by atoms with Gasteiger partial charge in [-0.25, -0.2) is 4.98 Å². The number of aromatic amines is 1. The molecule has 1 aromatic carbocycles. The van der Waals surface area contributed by atoms with Crippen molar-refractivity contribution in [2.24, 2.45) is 0 Å². The number of H-pyrrole nitrogens is 1. The molecule has 0 atom stereocenters. The molecule has 6 heteroatoms. The highest BCUT2D eigenvalue weighted by Crippen LogP contribution is 2.23. The lowest BCUT2D eigenvalue weighted by Gasteiger charge is -1.91. The van der Waals surface area contributed by atoms with Crippen LogP contribution in [0.25, 0.3) is 11.0 Å². The van der Waals surface area contributed by atoms with E-state index in [1.54, 1.807) is 11.8 Å². The normalized spacial score (nSPS) is 11.3. The molecule has 21 heavy (non-hydrogen) atoms. The Labute approximate surface area is 127 Å². The Morgan fingerprint density at radius 1 is 1.29 bits per heavy atom. The zero-order valence-corrected chi connectivity index (χ0v) is 13.0. The van der Waals surface area contributed by atoms with Crippen molar-refractivity contribution in [1.29, 1.82) is 0 Å². The quantitative estimate of drug-likeness (QED) is 0.700. The number of aryl methyl sites for hydroxylation is 2. The summed E-state index contributed by atoms with van der Waals surface area (Å²) in [5, 5.41) is 4.87. The molecule has 0 aliphatic heterocycles. The molecular weight excluding hydrogens is 284 g/mol. The van der Waals surface area contributed by atoms with Crippen LogP contribution in [0.15, 0.2) is 27.9 Å². The van der Waals surface area contributed by atoms with Crippen molar-refractivity contribution >= 4 is 22.8 Å². The molecule has 0 spiro atoms. The highest BCUT2D eigenvalue weighted by Gasteiger charge is 2.09. The lowest BCUT2D eigenvalue weighted by Crippen LogP contribution is -1.88. The highest BCUT2D eigenvalue weighted by molar-refractivity contribution is 7.98. The average molecular weight is 302 g/mol. The second-order valence-electron chi connectivity index (χ2n) is 5.06. The topological polar surface area (TPSA) is 67.6 Å². The molecule has 2 aromatic heterocycles. The minimum Gasteiger partial charge on any atom is -0.338 e. The number of imidazole rings is 1. The van der Waals surface area contributed by atoms with Crippen molar-refractivity contribution in [3.8, 4) is 0 Å². The van der Waals surface area contributed by atoms with Crippen molar-refractivity contribution in [2.75, 3.05) is 0 Å². The van der Waals surface area contributed by atoms with E-state index in [-0.39, 0.29) is 0 Å². The summed E-state index contributed by atoms with van der Waals surface area (Å²) in [6, 6.07) is 6.19. The van der Waals surface area contributed by atoms with Crippen molar-refractivity contribution < 1.29 is 4.52 Å². The minimum absolute atomic E-state index is 0.637. The van der Waals surface area contributed by atoms with E-state index in [1.807, 2.05) is 6.07 Å². The van der Waals surface area contributed by atoms with E-state index < -0.39 is 0 Å². The second-order valence-corrected chi connectivity index (χ2v) is 6.02. The Kier molecular flexibility index (Phi) is 4.24. The van der Waals surface area contributed by atoms with Crippen LogP contribution in [0.1, 0.15) is 37.0 Å². The standard InChI is InChI=1S/C15H18N4OS/c1-3-4-5-13-18-14(20-19-13)9-21-15-16-11-7-6-10(2)8-12(11)17-15/h6-8H,3-5,9H2,1-2H3,(H,16,17). The third-order valence-corrected chi connectivity index (χ3v) is 4.07. The molecule has 1 N–H and O–H groups in total. The largest absolute Gasteiger partial charge is 0.338 e. The maximum Gasteiger partial charge on any atom is 0.237 e. The smallest absolute Gasteiger partial charge is 0.237 e. The zero-order valence-electron chi connectivity index (χ0n) is 12.2. The van der Waals surface area contributed by atoms with E-state index in [9.17, 15) is 0 Å². The number of benzene rings is 1. The number of hydrogen-bond acceptors (Lipinski definition) is 5. The fourth-order valence-corrected chi connectivity index (χ4v) is 2.81. The van der Waals surface area contributed by atoms with Gasteiger partial charge in [-0.3, -0.25) is 0 Å². The summed E-state index contributed by atoms with van der Waals surface area (Å²) in [4.78, 5) is 12.2. The van der Waals surface area contributed by atoms with Crippen LogP contribution >= 0.6 is 11.8 Å². The summed E-state index contributed by atoms with van der Waals surface area (Å²) in [5.41, 5.74) is 3.27. The SMILES string of the molecule is CCCCc1noc(CSc2nc3ccc(C)cc3[nH]2)n1. The summed E-state index contributed by atoms with van der Waals surface area (Å²) in [5.74, 6) is 2.09. The molecule has 0 radical (unpaired) electrons. The average Bonchev–Trinajstić information content (AvgIpc) is 3.08. The molecule has 3 rings (SSSR count). The van der Waals surface area contributed by atoms with Gasteiger partial charge in [0.15, 0.2) is 11.0 Å². The predicted molar refractivity (Wildman–Crippen MR) is 83.3 cm³/mol. The van der Waals surface area contributed by atoms with Gasteiger partial charge in [0.2, 0.25) is 5.89 Å². The minimum atomic E-state index is 0.637. The lowest BCUT2D eigenvalue weighted by molar-refractivity contribution is 0.384. The van der Waals surface area contributed by atoms with Gasteiger partial charge in [-0.2, -0.15) is 4.98 Å². The van der Waals surface area contributed by atoms with Crippen LogP contribution in [-0.4, -0.2) is 20.1 Å². The molecule has 2 heterocycles. The van der Waals surface area contributed by atoms with Gasteiger partial charge >= 0.3 is 0 Å². The van der Waals surface area contributed by atoms with Crippen LogP contribution in [0.3, 0.4) is 0 Å². The Morgan fingerprint density at radius 3 is 3.05 bits per heavy atom. The monoisotopic (exact) mass is 302 g/mol. The molecule has 110 valence electrons. The zero-order chi connectivity index (χ0) is 14.7. The van der Waals surface area contributed by atoms with Crippen molar-refractivity contribution in [1.82, 2.24) is 20.1 Å². The van der Waals surface area contributed by atoms with Gasteiger partial charge in [0.1, 0.15) is 0 Å². The maximum atomic E-state index is 5.25. The molecule has 0 aliphatic rings. The first-order valence-electron chi connectivity index (χ1n) is 7.15. The number of nitrogens with one attached hydrogen (secondary N) is 1. The lowest BCUT2D eigenvalue weighted by atomic mass is 10.2. The molecular formula is C15H18N4OS. The molecule has 0 bridgehead atoms. The van der Waals surface area contributed by atoms with Crippen LogP contribution in [0.5, 0.6) is 0 Å². The first kappa shape index (κ1) is 14.1. The predicted octanol–water partition coefficient (Wildman–Crippen LogP) is 3.89. The molecule has 5 nitrogen and oxygen atoms in total. The second kappa shape index (κ2) is 6.30. The summed E-state index contributed by atoms with van der Waals surface area (Å²) in [6.07, 6.45) is 3.11. The van der Waals surface area contributed by atoms with Gasteiger partial charge in [0.25, 0.3) is 0 Å². The van der Waals surface area contributed by atoms with E-state index in [2.05, 4.69) is 46.1 Å². The number of unbranched alkanes of at least 4 members (excludes halogenated alkanes) is 1. The van der Waals surface area contributed by atoms with Crippen molar-refractivity contribution in [2.45, 2.75) is 44.0 Å². The number of nitrogens with zero attached hydrogens (tertiary/aromatic N) is 3. The Bertz CT molecular complexity index is 734. The Hall–Kier alpha value is -1.82. The van der Waals surface area contributed by atoms with E-state index in [4.69, 9.17) is 4.52 Å². The number of hydrogen-bond donors (Lipinski definition) is 1. The van der Waals surface area contributed by atoms with Crippen LogP contribution < -0.4 is 0 Å². The van der Waals surface area contributed by atoms with Gasteiger partial charge in [-0.15, -0.1) is 0 Å².